The number of nitrogens with one attached hydrogen (secondary N) is 2. The van der Waals surface area contributed by atoms with Gasteiger partial charge in [-0.25, -0.2) is 13.8 Å². The number of benzene rings is 3. The van der Waals surface area contributed by atoms with Crippen LogP contribution in [0.15, 0.2) is 67.1 Å². The third-order valence-corrected chi connectivity index (χ3v) is 9.33. The molecule has 0 spiro atoms. The molecule has 5 heterocycles. The first-order valence-corrected chi connectivity index (χ1v) is 15.2. The average molecular weight is 592 g/mol. The number of ether oxygens (including phenoxy) is 1. The molecule has 0 atom stereocenters. The Bertz CT molecular complexity index is 2010. The summed E-state index contributed by atoms with van der Waals surface area (Å²) in [7, 11) is 0. The Labute approximate surface area is 252 Å². The third-order valence-electron chi connectivity index (χ3n) is 9.33. The number of fused-ring (bicyclic) bond motifs is 4. The zero-order valence-corrected chi connectivity index (χ0v) is 24.1. The number of imidazole rings is 1. The SMILES string of the molecule is Fc1c(-c2cccc3cccc(F)c23)ncc2c(NCc3ccc4nc[nH]c4c3)nc(OCCC34CCCN3CCC4)nc12. The fraction of sp³-hybridized carbons (Fsp3) is 0.294. The van der Waals surface area contributed by atoms with Gasteiger partial charge in [-0.05, 0) is 74.3 Å². The van der Waals surface area contributed by atoms with Gasteiger partial charge in [-0.2, -0.15) is 9.97 Å². The van der Waals surface area contributed by atoms with E-state index in [1.54, 1.807) is 42.9 Å². The van der Waals surface area contributed by atoms with Gasteiger partial charge in [0.25, 0.3) is 0 Å². The van der Waals surface area contributed by atoms with Crippen LogP contribution in [0.2, 0.25) is 0 Å². The van der Waals surface area contributed by atoms with Gasteiger partial charge in [0.15, 0.2) is 5.82 Å². The maximum absolute atomic E-state index is 16.4. The second-order valence-corrected chi connectivity index (χ2v) is 11.8. The van der Waals surface area contributed by atoms with Gasteiger partial charge in [-0.1, -0.05) is 36.4 Å². The smallest absolute Gasteiger partial charge is 0.319 e. The number of hydrogen-bond donors (Lipinski definition) is 2. The summed E-state index contributed by atoms with van der Waals surface area (Å²) in [6.07, 6.45) is 8.85. The first-order chi connectivity index (χ1) is 21.6. The molecule has 8 nitrogen and oxygen atoms in total. The standard InChI is InChI=1S/C34H31F2N7O/c35-25-8-2-6-22-5-1-7-23(28(22)25)30-29(36)31-24(19-37-30)32(38-18-21-9-10-26-27(17-21)40-20-39-26)42-33(41-31)44-16-13-34-11-3-14-43(34)15-4-12-34/h1-2,5-10,17,19-20H,3-4,11-16,18H2,(H,39,40)(H,38,41,42). The molecule has 44 heavy (non-hydrogen) atoms. The van der Waals surface area contributed by atoms with Crippen LogP contribution < -0.4 is 10.1 Å². The van der Waals surface area contributed by atoms with Crippen LogP contribution in [0.1, 0.15) is 37.7 Å². The maximum atomic E-state index is 16.4. The molecule has 222 valence electrons. The zero-order valence-electron chi connectivity index (χ0n) is 24.1. The molecule has 0 saturated carbocycles. The minimum absolute atomic E-state index is 0.0277. The van der Waals surface area contributed by atoms with E-state index in [1.165, 1.54) is 31.7 Å². The summed E-state index contributed by atoms with van der Waals surface area (Å²) in [6, 6.07) is 16.1. The Hall–Kier alpha value is -4.70. The van der Waals surface area contributed by atoms with Crippen LogP contribution in [0.25, 0.3) is 44.0 Å². The number of rotatable bonds is 8. The van der Waals surface area contributed by atoms with Crippen LogP contribution in [0.5, 0.6) is 6.01 Å². The molecule has 2 fully saturated rings. The lowest BCUT2D eigenvalue weighted by molar-refractivity contribution is 0.146. The Kier molecular flexibility index (Phi) is 6.59. The van der Waals surface area contributed by atoms with Gasteiger partial charge in [0.1, 0.15) is 22.8 Å². The van der Waals surface area contributed by atoms with E-state index < -0.39 is 11.6 Å². The van der Waals surface area contributed by atoms with E-state index in [0.29, 0.717) is 40.7 Å². The van der Waals surface area contributed by atoms with Crippen molar-refractivity contribution in [3.8, 4) is 17.3 Å². The molecule has 3 aromatic carbocycles. The Morgan fingerprint density at radius 2 is 1.82 bits per heavy atom. The summed E-state index contributed by atoms with van der Waals surface area (Å²) in [6.45, 7) is 3.14. The van der Waals surface area contributed by atoms with Gasteiger partial charge in [-0.3, -0.25) is 9.88 Å². The van der Waals surface area contributed by atoms with Gasteiger partial charge < -0.3 is 15.0 Å². The zero-order chi connectivity index (χ0) is 29.7. The lowest BCUT2D eigenvalue weighted by Gasteiger charge is -2.31. The highest BCUT2D eigenvalue weighted by molar-refractivity contribution is 5.99. The van der Waals surface area contributed by atoms with E-state index in [0.717, 1.165) is 36.1 Å². The molecule has 2 saturated heterocycles. The maximum Gasteiger partial charge on any atom is 0.319 e. The first kappa shape index (κ1) is 26.9. The van der Waals surface area contributed by atoms with Crippen LogP contribution in [0, 0.1) is 11.6 Å². The molecular formula is C34H31F2N7O. The minimum atomic E-state index is -0.649. The Balaban J connectivity index is 1.17. The number of aromatic amines is 1. The highest BCUT2D eigenvalue weighted by atomic mass is 19.1. The summed E-state index contributed by atoms with van der Waals surface area (Å²) in [4.78, 5) is 23.7. The fourth-order valence-electron chi connectivity index (χ4n) is 7.16. The highest BCUT2D eigenvalue weighted by Gasteiger charge is 2.43. The molecule has 2 N–H and O–H groups in total. The van der Waals surface area contributed by atoms with Crippen molar-refractivity contribution in [2.24, 2.45) is 0 Å². The monoisotopic (exact) mass is 591 g/mol. The molecule has 2 aliphatic heterocycles. The van der Waals surface area contributed by atoms with Crippen molar-refractivity contribution in [1.82, 2.24) is 29.8 Å². The van der Waals surface area contributed by atoms with E-state index in [-0.39, 0.29) is 22.8 Å². The van der Waals surface area contributed by atoms with E-state index in [4.69, 9.17) is 4.74 Å². The summed E-state index contributed by atoms with van der Waals surface area (Å²) in [5.74, 6) is -0.669. The number of anilines is 1. The normalized spacial score (nSPS) is 16.2. The number of nitrogens with zero attached hydrogens (tertiary/aromatic N) is 5. The fourth-order valence-corrected chi connectivity index (χ4v) is 7.16. The summed E-state index contributed by atoms with van der Waals surface area (Å²) in [5, 5.41) is 4.75. The molecule has 0 amide bonds. The largest absolute Gasteiger partial charge is 0.463 e. The second-order valence-electron chi connectivity index (χ2n) is 11.8. The van der Waals surface area contributed by atoms with Crippen molar-refractivity contribution in [3.05, 3.63) is 84.3 Å². The van der Waals surface area contributed by atoms with Crippen molar-refractivity contribution in [2.75, 3.05) is 25.0 Å². The van der Waals surface area contributed by atoms with Gasteiger partial charge in [-0.15, -0.1) is 0 Å². The molecule has 0 bridgehead atoms. The number of halogens is 2. The number of H-pyrrole nitrogens is 1. The van der Waals surface area contributed by atoms with Gasteiger partial charge >= 0.3 is 6.01 Å². The van der Waals surface area contributed by atoms with E-state index in [1.807, 2.05) is 18.2 Å². The van der Waals surface area contributed by atoms with Crippen molar-refractivity contribution in [2.45, 2.75) is 44.2 Å². The molecule has 2 aliphatic rings. The lowest BCUT2D eigenvalue weighted by Crippen LogP contribution is -2.39. The van der Waals surface area contributed by atoms with Crippen LogP contribution in [0.4, 0.5) is 14.6 Å². The number of pyridine rings is 1. The second kappa shape index (κ2) is 10.8. The van der Waals surface area contributed by atoms with Crippen LogP contribution in [0.3, 0.4) is 0 Å². The van der Waals surface area contributed by atoms with Crippen LogP contribution in [-0.4, -0.2) is 55.1 Å². The molecule has 0 unspecified atom stereocenters. The predicted molar refractivity (Wildman–Crippen MR) is 166 cm³/mol. The third kappa shape index (κ3) is 4.61. The lowest BCUT2D eigenvalue weighted by atomic mass is 9.91. The molecule has 0 aliphatic carbocycles. The topological polar surface area (TPSA) is 91.9 Å². The number of hydrogen-bond acceptors (Lipinski definition) is 7. The molecule has 0 radical (unpaired) electrons. The predicted octanol–water partition coefficient (Wildman–Crippen LogP) is 7.01. The molecule has 6 aromatic rings. The number of aromatic nitrogens is 5. The first-order valence-electron chi connectivity index (χ1n) is 15.2. The van der Waals surface area contributed by atoms with Crippen molar-refractivity contribution >= 4 is 38.5 Å². The quantitative estimate of drug-likeness (QED) is 0.197. The Morgan fingerprint density at radius 1 is 0.977 bits per heavy atom. The summed E-state index contributed by atoms with van der Waals surface area (Å²) >= 11 is 0. The van der Waals surface area contributed by atoms with E-state index in [9.17, 15) is 4.39 Å². The van der Waals surface area contributed by atoms with Crippen molar-refractivity contribution in [3.63, 3.8) is 0 Å². The van der Waals surface area contributed by atoms with E-state index in [2.05, 4.69) is 35.1 Å². The summed E-state index contributed by atoms with van der Waals surface area (Å²) < 4.78 is 37.6. The molecule has 3 aromatic heterocycles. The summed E-state index contributed by atoms with van der Waals surface area (Å²) in [5.41, 5.74) is 3.45. The molecule has 8 rings (SSSR count). The van der Waals surface area contributed by atoms with Crippen LogP contribution >= 0.6 is 0 Å². The molecule has 10 heteroatoms. The van der Waals surface area contributed by atoms with Crippen molar-refractivity contribution < 1.29 is 13.5 Å². The van der Waals surface area contributed by atoms with Gasteiger partial charge in [0.2, 0.25) is 0 Å². The van der Waals surface area contributed by atoms with Gasteiger partial charge in [0, 0.05) is 29.2 Å². The Morgan fingerprint density at radius 3 is 2.68 bits per heavy atom. The van der Waals surface area contributed by atoms with Gasteiger partial charge in [0.05, 0.1) is 29.4 Å². The minimum Gasteiger partial charge on any atom is -0.463 e. The highest BCUT2D eigenvalue weighted by Crippen LogP contribution is 2.41. The van der Waals surface area contributed by atoms with E-state index >= 15 is 4.39 Å². The average Bonchev–Trinajstić information content (AvgIpc) is 3.76. The molecular weight excluding hydrogens is 560 g/mol. The van der Waals surface area contributed by atoms with Crippen LogP contribution in [-0.2, 0) is 6.54 Å². The van der Waals surface area contributed by atoms with Crippen molar-refractivity contribution in [1.29, 1.82) is 0 Å².